The van der Waals surface area contributed by atoms with Gasteiger partial charge in [-0.15, -0.1) is 0 Å². The van der Waals surface area contributed by atoms with Crippen molar-refractivity contribution >= 4 is 11.8 Å². The van der Waals surface area contributed by atoms with Crippen molar-refractivity contribution in [3.8, 4) is 0 Å². The number of carbonyl (C=O) groups excluding carboxylic acids is 2. The summed E-state index contributed by atoms with van der Waals surface area (Å²) in [7, 11) is 0. The molecule has 2 aliphatic heterocycles. The highest BCUT2D eigenvalue weighted by atomic mass is 16.5. The molecule has 36 heavy (non-hydrogen) atoms. The van der Waals surface area contributed by atoms with Crippen molar-refractivity contribution in [3.63, 3.8) is 0 Å². The molecule has 2 amide bonds. The van der Waals surface area contributed by atoms with Crippen LogP contribution in [-0.4, -0.2) is 72.6 Å². The van der Waals surface area contributed by atoms with Crippen LogP contribution in [0.5, 0.6) is 0 Å². The summed E-state index contributed by atoms with van der Waals surface area (Å²) < 4.78 is 5.99. The highest BCUT2D eigenvalue weighted by molar-refractivity contribution is 5.87. The van der Waals surface area contributed by atoms with Gasteiger partial charge >= 0.3 is 0 Å². The van der Waals surface area contributed by atoms with E-state index in [1.165, 1.54) is 24.0 Å². The van der Waals surface area contributed by atoms with Crippen LogP contribution in [0.15, 0.2) is 24.3 Å². The van der Waals surface area contributed by atoms with Gasteiger partial charge in [0.2, 0.25) is 11.8 Å². The van der Waals surface area contributed by atoms with Crippen LogP contribution in [-0.2, 0) is 20.9 Å². The first kappa shape index (κ1) is 27.1. The molecule has 1 aromatic rings. The lowest BCUT2D eigenvalue weighted by atomic mass is 9.81. The molecule has 1 saturated carbocycles. The Morgan fingerprint density at radius 3 is 2.56 bits per heavy atom. The molecule has 7 heteroatoms. The molecule has 0 spiro atoms. The van der Waals surface area contributed by atoms with Gasteiger partial charge in [-0.1, -0.05) is 36.2 Å². The van der Waals surface area contributed by atoms with Crippen molar-refractivity contribution in [1.29, 1.82) is 0 Å². The van der Waals surface area contributed by atoms with Crippen LogP contribution >= 0.6 is 0 Å². The maximum atomic E-state index is 13.4. The number of hydrogen-bond donors (Lipinski definition) is 2. The monoisotopic (exact) mass is 498 g/mol. The Morgan fingerprint density at radius 2 is 1.86 bits per heavy atom. The fraction of sp³-hybridized carbons (Fsp3) is 0.724. The van der Waals surface area contributed by atoms with Gasteiger partial charge in [0.05, 0.1) is 6.10 Å². The number of benzene rings is 1. The van der Waals surface area contributed by atoms with Crippen molar-refractivity contribution in [2.75, 3.05) is 32.8 Å². The Balaban J connectivity index is 1.43. The van der Waals surface area contributed by atoms with Crippen molar-refractivity contribution in [3.05, 3.63) is 35.4 Å². The molecule has 5 atom stereocenters. The Labute approximate surface area is 217 Å². The topological polar surface area (TPSA) is 87.9 Å². The largest absolute Gasteiger partial charge is 0.377 e. The normalized spacial score (nSPS) is 28.9. The van der Waals surface area contributed by atoms with Crippen molar-refractivity contribution in [2.45, 2.75) is 89.9 Å². The number of likely N-dealkylation sites (tertiary alicyclic amines) is 1. The molecule has 0 radical (unpaired) electrons. The standard InChI is InChI=1S/C29H46N4O3/c1-21-8-10-23(11-9-21)19-32(20-27-7-4-14-36-27)26-12-13-33(22(2)34)28(16-26)29(35)31-18-25-6-3-5-24(15-25)17-30/h8-11,24-28H,3-7,12-20,30H2,1-2H3,(H,31,35)/t24?,25?,26?,27?,28-/m1/s1. The van der Waals surface area contributed by atoms with Crippen LogP contribution in [0.2, 0.25) is 0 Å². The highest BCUT2D eigenvalue weighted by Gasteiger charge is 2.38. The average Bonchev–Trinajstić information content (AvgIpc) is 3.41. The maximum absolute atomic E-state index is 13.4. The van der Waals surface area contributed by atoms with Crippen LogP contribution in [0.4, 0.5) is 0 Å². The van der Waals surface area contributed by atoms with Gasteiger partial charge in [-0.2, -0.15) is 0 Å². The average molecular weight is 499 g/mol. The lowest BCUT2D eigenvalue weighted by Gasteiger charge is -2.43. The van der Waals surface area contributed by atoms with Gasteiger partial charge in [0.1, 0.15) is 6.04 Å². The molecule has 0 bridgehead atoms. The predicted molar refractivity (Wildman–Crippen MR) is 142 cm³/mol. The zero-order chi connectivity index (χ0) is 25.5. The molecule has 2 heterocycles. The molecule has 7 nitrogen and oxygen atoms in total. The summed E-state index contributed by atoms with van der Waals surface area (Å²) in [5, 5.41) is 3.22. The fourth-order valence-electron chi connectivity index (χ4n) is 6.39. The number of nitrogens with one attached hydrogen (secondary N) is 1. The molecular formula is C29H46N4O3. The second-order valence-electron chi connectivity index (χ2n) is 11.3. The molecule has 0 aromatic heterocycles. The second kappa shape index (κ2) is 13.0. The van der Waals surface area contributed by atoms with Gasteiger partial charge in [-0.3, -0.25) is 14.5 Å². The summed E-state index contributed by atoms with van der Waals surface area (Å²) in [6.45, 7) is 8.27. The maximum Gasteiger partial charge on any atom is 0.242 e. The smallest absolute Gasteiger partial charge is 0.242 e. The van der Waals surface area contributed by atoms with Crippen LogP contribution < -0.4 is 11.1 Å². The summed E-state index contributed by atoms with van der Waals surface area (Å²) in [5.41, 5.74) is 8.44. The molecule has 200 valence electrons. The van der Waals surface area contributed by atoms with E-state index < -0.39 is 6.04 Å². The molecule has 4 rings (SSSR count). The van der Waals surface area contributed by atoms with E-state index in [0.717, 1.165) is 58.3 Å². The molecule has 3 N–H and O–H groups in total. The predicted octanol–water partition coefficient (Wildman–Crippen LogP) is 3.24. The third kappa shape index (κ3) is 7.30. The van der Waals surface area contributed by atoms with Crippen LogP contribution in [0.25, 0.3) is 0 Å². The lowest BCUT2D eigenvalue weighted by molar-refractivity contribution is -0.142. The van der Waals surface area contributed by atoms with Gasteiger partial charge in [-0.25, -0.2) is 0 Å². The number of aryl methyl sites for hydroxylation is 1. The lowest BCUT2D eigenvalue weighted by Crippen LogP contribution is -2.57. The number of nitrogens with two attached hydrogens (primary N) is 1. The second-order valence-corrected chi connectivity index (χ2v) is 11.3. The summed E-state index contributed by atoms with van der Waals surface area (Å²) in [6, 6.07) is 8.54. The van der Waals surface area contributed by atoms with Gasteiger partial charge in [0, 0.05) is 45.8 Å². The molecule has 3 aliphatic rings. The van der Waals surface area contributed by atoms with E-state index in [1.807, 2.05) is 0 Å². The number of rotatable bonds is 9. The van der Waals surface area contributed by atoms with E-state index >= 15 is 0 Å². The summed E-state index contributed by atoms with van der Waals surface area (Å²) in [5.74, 6) is 1.04. The Hall–Kier alpha value is -1.96. The molecule has 1 aromatic carbocycles. The van der Waals surface area contributed by atoms with E-state index in [2.05, 4.69) is 41.4 Å². The van der Waals surface area contributed by atoms with Crippen molar-refractivity contribution in [2.24, 2.45) is 17.6 Å². The first-order chi connectivity index (χ1) is 17.4. The van der Waals surface area contributed by atoms with Crippen molar-refractivity contribution < 1.29 is 14.3 Å². The highest BCUT2D eigenvalue weighted by Crippen LogP contribution is 2.29. The van der Waals surface area contributed by atoms with E-state index in [0.29, 0.717) is 31.3 Å². The fourth-order valence-corrected chi connectivity index (χ4v) is 6.39. The Bertz CT molecular complexity index is 855. The summed E-state index contributed by atoms with van der Waals surface area (Å²) in [4.78, 5) is 30.2. The first-order valence-corrected chi connectivity index (χ1v) is 14.1. The number of carbonyl (C=O) groups is 2. The van der Waals surface area contributed by atoms with Gasteiger partial charge in [0.25, 0.3) is 0 Å². The van der Waals surface area contributed by atoms with E-state index in [-0.39, 0.29) is 24.0 Å². The Morgan fingerprint density at radius 1 is 1.08 bits per heavy atom. The minimum atomic E-state index is -0.417. The van der Waals surface area contributed by atoms with Gasteiger partial charge in [-0.05, 0) is 75.8 Å². The van der Waals surface area contributed by atoms with E-state index in [9.17, 15) is 9.59 Å². The quantitative estimate of drug-likeness (QED) is 0.546. The van der Waals surface area contributed by atoms with Crippen LogP contribution in [0, 0.1) is 18.8 Å². The number of piperidine rings is 1. The Kier molecular flexibility index (Phi) is 9.80. The molecule has 2 saturated heterocycles. The van der Waals surface area contributed by atoms with E-state index in [4.69, 9.17) is 10.5 Å². The van der Waals surface area contributed by atoms with Gasteiger partial charge < -0.3 is 20.7 Å². The zero-order valence-electron chi connectivity index (χ0n) is 22.3. The summed E-state index contributed by atoms with van der Waals surface area (Å²) in [6.07, 6.45) is 8.61. The SMILES string of the molecule is CC(=O)N1CCC(N(Cc2ccc(C)cc2)CC2CCCO2)C[C@@H]1C(=O)NCC1CCCC(CN)C1. The molecule has 4 unspecified atom stereocenters. The number of ether oxygens (including phenoxy) is 1. The third-order valence-electron chi connectivity index (χ3n) is 8.56. The van der Waals surface area contributed by atoms with Gasteiger partial charge in [0.15, 0.2) is 0 Å². The minimum Gasteiger partial charge on any atom is -0.377 e. The third-order valence-corrected chi connectivity index (χ3v) is 8.56. The van der Waals surface area contributed by atoms with Crippen LogP contribution in [0.3, 0.4) is 0 Å². The number of amides is 2. The zero-order valence-corrected chi connectivity index (χ0v) is 22.3. The molecule has 3 fully saturated rings. The number of nitrogens with zero attached hydrogens (tertiary/aromatic N) is 2. The summed E-state index contributed by atoms with van der Waals surface area (Å²) >= 11 is 0. The van der Waals surface area contributed by atoms with E-state index in [1.54, 1.807) is 11.8 Å². The first-order valence-electron chi connectivity index (χ1n) is 14.1. The minimum absolute atomic E-state index is 0.00262. The molecule has 1 aliphatic carbocycles. The number of hydrogen-bond acceptors (Lipinski definition) is 5. The molecular weight excluding hydrogens is 452 g/mol. The van der Waals surface area contributed by atoms with Crippen molar-refractivity contribution in [1.82, 2.24) is 15.1 Å². The van der Waals surface area contributed by atoms with Crippen LogP contribution in [0.1, 0.15) is 69.4 Å².